The summed E-state index contributed by atoms with van der Waals surface area (Å²) in [4.78, 5) is 32.5. The monoisotopic (exact) mass is 270 g/mol. The standard InChI is InChI=1S/C14H8O2.NO3/c15-13-9-5-1-2-6-10(9)14(16)12-8-4-3-7-11(12)13;2-1(3)4/h1-8H;/q;-1. The number of fused-ring (bicyclic) bond motifs is 2. The Kier molecular flexibility index (Phi) is 3.56. The van der Waals surface area contributed by atoms with Crippen molar-refractivity contribution in [3.8, 4) is 0 Å². The van der Waals surface area contributed by atoms with E-state index in [1.165, 1.54) is 0 Å². The number of ketones is 2. The molecule has 0 aromatic heterocycles. The SMILES string of the molecule is O=C1c2ccccc2C(=O)c2ccccc21.O=[N+]([O-])[O-]. The maximum atomic E-state index is 12.1. The molecule has 6 heteroatoms. The van der Waals surface area contributed by atoms with Crippen molar-refractivity contribution in [1.82, 2.24) is 0 Å². The fourth-order valence-electron chi connectivity index (χ4n) is 2.05. The molecule has 0 spiro atoms. The van der Waals surface area contributed by atoms with Gasteiger partial charge in [-0.15, -0.1) is 0 Å². The molecule has 1 aliphatic carbocycles. The normalized spacial score (nSPS) is 11.8. The van der Waals surface area contributed by atoms with E-state index in [0.29, 0.717) is 22.3 Å². The molecule has 0 saturated carbocycles. The quantitative estimate of drug-likeness (QED) is 0.460. The van der Waals surface area contributed by atoms with Gasteiger partial charge in [-0.05, 0) is 0 Å². The number of benzene rings is 2. The number of hydrogen-bond donors (Lipinski definition) is 0. The third-order valence-corrected chi connectivity index (χ3v) is 2.83. The first-order chi connectivity index (χ1) is 9.52. The highest BCUT2D eigenvalue weighted by atomic mass is 16.9. The van der Waals surface area contributed by atoms with Gasteiger partial charge in [0, 0.05) is 22.3 Å². The first-order valence-corrected chi connectivity index (χ1v) is 5.61. The molecular formula is C14H8NO5-. The first kappa shape index (κ1) is 13.4. The van der Waals surface area contributed by atoms with Crippen molar-refractivity contribution in [2.75, 3.05) is 0 Å². The van der Waals surface area contributed by atoms with E-state index in [0.717, 1.165) is 0 Å². The highest BCUT2D eigenvalue weighted by molar-refractivity contribution is 6.28. The number of carbonyl (C=O) groups excluding carboxylic acids is 2. The van der Waals surface area contributed by atoms with Gasteiger partial charge in [0.1, 0.15) is 0 Å². The van der Waals surface area contributed by atoms with Crippen LogP contribution in [0.2, 0.25) is 0 Å². The molecule has 20 heavy (non-hydrogen) atoms. The Morgan fingerprint density at radius 1 is 0.650 bits per heavy atom. The third-order valence-electron chi connectivity index (χ3n) is 2.83. The predicted octanol–water partition coefficient (Wildman–Crippen LogP) is 2.22. The molecule has 0 heterocycles. The van der Waals surface area contributed by atoms with Crippen molar-refractivity contribution >= 4 is 11.6 Å². The first-order valence-electron chi connectivity index (χ1n) is 5.61. The molecule has 6 nitrogen and oxygen atoms in total. The molecule has 0 saturated heterocycles. The zero-order valence-electron chi connectivity index (χ0n) is 10.1. The Bertz CT molecular complexity index is 599. The lowest BCUT2D eigenvalue weighted by Crippen LogP contribution is -2.20. The Labute approximate surface area is 113 Å². The Hall–Kier alpha value is -3.02. The van der Waals surface area contributed by atoms with Gasteiger partial charge in [0.2, 0.25) is 0 Å². The van der Waals surface area contributed by atoms with Crippen LogP contribution >= 0.6 is 0 Å². The molecule has 0 unspecified atom stereocenters. The fraction of sp³-hybridized carbons (Fsp3) is 0. The van der Waals surface area contributed by atoms with Crippen LogP contribution in [-0.2, 0) is 0 Å². The van der Waals surface area contributed by atoms with Crippen molar-refractivity contribution < 1.29 is 14.7 Å². The van der Waals surface area contributed by atoms with Gasteiger partial charge in [0.25, 0.3) is 0 Å². The number of rotatable bonds is 0. The van der Waals surface area contributed by atoms with E-state index in [1.54, 1.807) is 48.5 Å². The summed E-state index contributed by atoms with van der Waals surface area (Å²) in [7, 11) is 0. The molecule has 0 aliphatic heterocycles. The average molecular weight is 270 g/mol. The minimum absolute atomic E-state index is 0.0641. The van der Waals surface area contributed by atoms with Crippen LogP contribution in [0.4, 0.5) is 0 Å². The van der Waals surface area contributed by atoms with Crippen LogP contribution in [-0.4, -0.2) is 16.7 Å². The second kappa shape index (κ2) is 5.31. The van der Waals surface area contributed by atoms with E-state index >= 15 is 0 Å². The van der Waals surface area contributed by atoms with Crippen LogP contribution in [0.25, 0.3) is 0 Å². The van der Waals surface area contributed by atoms with Gasteiger partial charge >= 0.3 is 0 Å². The molecule has 0 N–H and O–H groups in total. The summed E-state index contributed by atoms with van der Waals surface area (Å²) in [6.07, 6.45) is 0. The van der Waals surface area contributed by atoms with Gasteiger partial charge in [-0.3, -0.25) is 9.59 Å². The highest BCUT2D eigenvalue weighted by Crippen LogP contribution is 2.26. The summed E-state index contributed by atoms with van der Waals surface area (Å²) >= 11 is 0. The molecule has 2 aromatic carbocycles. The number of carbonyl (C=O) groups is 2. The van der Waals surface area contributed by atoms with Crippen LogP contribution in [0, 0.1) is 15.3 Å². The van der Waals surface area contributed by atoms with Crippen LogP contribution in [0.3, 0.4) is 0 Å². The second-order valence-corrected chi connectivity index (χ2v) is 3.97. The Morgan fingerprint density at radius 3 is 1.05 bits per heavy atom. The molecule has 0 fully saturated rings. The number of hydrogen-bond acceptors (Lipinski definition) is 5. The van der Waals surface area contributed by atoms with Gasteiger partial charge in [-0.1, -0.05) is 48.5 Å². The van der Waals surface area contributed by atoms with Gasteiger partial charge in [-0.25, -0.2) is 0 Å². The molecule has 2 aromatic rings. The summed E-state index contributed by atoms with van der Waals surface area (Å²) in [5.74, 6) is -0.128. The molecule has 0 radical (unpaired) electrons. The predicted molar refractivity (Wildman–Crippen MR) is 70.1 cm³/mol. The lowest BCUT2D eigenvalue weighted by atomic mass is 9.84. The maximum Gasteiger partial charge on any atom is 0.194 e. The molecule has 100 valence electrons. The Morgan fingerprint density at radius 2 is 0.850 bits per heavy atom. The number of nitrogens with zero attached hydrogens (tertiary/aromatic N) is 1. The van der Waals surface area contributed by atoms with Gasteiger partial charge < -0.3 is 15.3 Å². The molecule has 0 atom stereocenters. The van der Waals surface area contributed by atoms with Crippen molar-refractivity contribution in [3.63, 3.8) is 0 Å². The van der Waals surface area contributed by atoms with E-state index in [9.17, 15) is 9.59 Å². The minimum atomic E-state index is -1.75. The average Bonchev–Trinajstić information content (AvgIpc) is 2.44. The Balaban J connectivity index is 0.000000328. The lowest BCUT2D eigenvalue weighted by molar-refractivity contribution is -0.402. The lowest BCUT2D eigenvalue weighted by Gasteiger charge is -2.16. The third kappa shape index (κ3) is 2.39. The van der Waals surface area contributed by atoms with Crippen LogP contribution in [0.5, 0.6) is 0 Å². The highest BCUT2D eigenvalue weighted by Gasteiger charge is 2.28. The van der Waals surface area contributed by atoms with Crippen molar-refractivity contribution in [3.05, 3.63) is 86.1 Å². The van der Waals surface area contributed by atoms with Crippen molar-refractivity contribution in [2.45, 2.75) is 0 Å². The van der Waals surface area contributed by atoms with E-state index < -0.39 is 5.09 Å². The van der Waals surface area contributed by atoms with Gasteiger partial charge in [-0.2, -0.15) is 0 Å². The topological polar surface area (TPSA) is 100 Å². The second-order valence-electron chi connectivity index (χ2n) is 3.97. The summed E-state index contributed by atoms with van der Waals surface area (Å²) < 4.78 is 0. The van der Waals surface area contributed by atoms with Crippen molar-refractivity contribution in [1.29, 1.82) is 0 Å². The smallest absolute Gasteiger partial charge is 0.194 e. The van der Waals surface area contributed by atoms with Crippen LogP contribution in [0.1, 0.15) is 31.8 Å². The molecule has 3 rings (SSSR count). The summed E-state index contributed by atoms with van der Waals surface area (Å²) in [5.41, 5.74) is 2.02. The molecular weight excluding hydrogens is 262 g/mol. The van der Waals surface area contributed by atoms with Gasteiger partial charge in [0.05, 0.1) is 5.09 Å². The zero-order valence-corrected chi connectivity index (χ0v) is 10.1. The van der Waals surface area contributed by atoms with E-state index in [-0.39, 0.29) is 11.6 Å². The van der Waals surface area contributed by atoms with Crippen LogP contribution in [0.15, 0.2) is 48.5 Å². The summed E-state index contributed by atoms with van der Waals surface area (Å²) in [5, 5.41) is 14.8. The molecule has 0 amide bonds. The van der Waals surface area contributed by atoms with Crippen molar-refractivity contribution in [2.24, 2.45) is 0 Å². The van der Waals surface area contributed by atoms with E-state index in [2.05, 4.69) is 0 Å². The van der Waals surface area contributed by atoms with E-state index in [4.69, 9.17) is 15.3 Å². The van der Waals surface area contributed by atoms with E-state index in [1.807, 2.05) is 0 Å². The minimum Gasteiger partial charge on any atom is -0.356 e. The van der Waals surface area contributed by atoms with Crippen LogP contribution < -0.4 is 0 Å². The maximum absolute atomic E-state index is 12.1. The largest absolute Gasteiger partial charge is 0.356 e. The molecule has 0 bridgehead atoms. The summed E-state index contributed by atoms with van der Waals surface area (Å²) in [6.45, 7) is 0. The fourth-order valence-corrected chi connectivity index (χ4v) is 2.05. The zero-order chi connectivity index (χ0) is 14.7. The molecule has 1 aliphatic rings. The van der Waals surface area contributed by atoms with Gasteiger partial charge in [0.15, 0.2) is 11.6 Å². The summed E-state index contributed by atoms with van der Waals surface area (Å²) in [6, 6.07) is 13.9.